The molecule has 1 aliphatic carbocycles. The molecule has 4 heteroatoms. The Morgan fingerprint density at radius 3 is 2.50 bits per heavy atom. The molecule has 1 N–H and O–H groups in total. The van der Waals surface area contributed by atoms with Gasteiger partial charge in [0.1, 0.15) is 0 Å². The van der Waals surface area contributed by atoms with Crippen molar-refractivity contribution in [2.45, 2.75) is 64.5 Å². The van der Waals surface area contributed by atoms with Gasteiger partial charge in [0.25, 0.3) is 0 Å². The van der Waals surface area contributed by atoms with Crippen LogP contribution in [0.1, 0.15) is 63.1 Å². The van der Waals surface area contributed by atoms with E-state index in [1.54, 1.807) is 0 Å². The predicted octanol–water partition coefficient (Wildman–Crippen LogP) is 2.92. The Kier molecular flexibility index (Phi) is 4.88. The van der Waals surface area contributed by atoms with Crippen molar-refractivity contribution < 1.29 is 5.11 Å². The van der Waals surface area contributed by atoms with Crippen molar-refractivity contribution in [2.75, 3.05) is 13.1 Å². The largest absolute Gasteiger partial charge is 0.393 e. The summed E-state index contributed by atoms with van der Waals surface area (Å²) < 4.78 is 2.08. The summed E-state index contributed by atoms with van der Waals surface area (Å²) in [6.45, 7) is 7.64. The lowest BCUT2D eigenvalue weighted by molar-refractivity contribution is 0.0436. The fourth-order valence-electron chi connectivity index (χ4n) is 3.91. The van der Waals surface area contributed by atoms with Gasteiger partial charge in [0, 0.05) is 30.8 Å². The van der Waals surface area contributed by atoms with E-state index in [2.05, 4.69) is 41.8 Å². The number of aryl methyl sites for hydroxylation is 1. The number of likely N-dealkylation sites (tertiary alicyclic amines) is 1. The van der Waals surface area contributed by atoms with E-state index in [1.807, 2.05) is 0 Å². The second-order valence-corrected chi connectivity index (χ2v) is 7.76. The van der Waals surface area contributed by atoms with E-state index in [9.17, 15) is 5.11 Å². The average molecular weight is 305 g/mol. The number of hydrogen-bond acceptors (Lipinski definition) is 3. The maximum atomic E-state index is 10.3. The van der Waals surface area contributed by atoms with Crippen molar-refractivity contribution in [3.8, 4) is 0 Å². The Balaban J connectivity index is 1.52. The van der Waals surface area contributed by atoms with E-state index >= 15 is 0 Å². The molecule has 0 radical (unpaired) electrons. The van der Waals surface area contributed by atoms with Crippen LogP contribution in [0.5, 0.6) is 0 Å². The van der Waals surface area contributed by atoms with Gasteiger partial charge in [-0.25, -0.2) is 0 Å². The highest BCUT2D eigenvalue weighted by Gasteiger charge is 2.31. The maximum absolute atomic E-state index is 10.3. The van der Waals surface area contributed by atoms with Gasteiger partial charge in [0.05, 0.1) is 12.3 Å². The van der Waals surface area contributed by atoms with E-state index in [0.29, 0.717) is 11.8 Å². The first-order valence-corrected chi connectivity index (χ1v) is 8.95. The Hall–Kier alpha value is -0.870. The van der Waals surface area contributed by atoms with Crippen LogP contribution in [0, 0.1) is 11.8 Å². The van der Waals surface area contributed by atoms with Crippen LogP contribution in [0.3, 0.4) is 0 Å². The molecular weight excluding hydrogens is 274 g/mol. The molecule has 2 heterocycles. The van der Waals surface area contributed by atoms with E-state index in [0.717, 1.165) is 44.8 Å². The molecule has 22 heavy (non-hydrogen) atoms. The van der Waals surface area contributed by atoms with Crippen LogP contribution >= 0.6 is 0 Å². The van der Waals surface area contributed by atoms with Crippen molar-refractivity contribution in [3.63, 3.8) is 0 Å². The van der Waals surface area contributed by atoms with Crippen LogP contribution in [0.15, 0.2) is 6.20 Å². The molecule has 1 saturated carbocycles. The second kappa shape index (κ2) is 6.71. The molecule has 2 aliphatic rings. The number of aliphatic hydroxyl groups is 1. The van der Waals surface area contributed by atoms with Crippen molar-refractivity contribution in [3.05, 3.63) is 17.5 Å². The van der Waals surface area contributed by atoms with Gasteiger partial charge in [0.2, 0.25) is 0 Å². The van der Waals surface area contributed by atoms with Gasteiger partial charge in [-0.05, 0) is 57.0 Å². The van der Waals surface area contributed by atoms with Crippen molar-refractivity contribution >= 4 is 0 Å². The summed E-state index contributed by atoms with van der Waals surface area (Å²) in [5.41, 5.74) is 2.88. The predicted molar refractivity (Wildman–Crippen MR) is 88.6 cm³/mol. The molecule has 3 rings (SSSR count). The summed E-state index contributed by atoms with van der Waals surface area (Å²) in [7, 11) is 2.08. The van der Waals surface area contributed by atoms with E-state index in [1.165, 1.54) is 24.1 Å². The zero-order chi connectivity index (χ0) is 15.7. The summed E-state index contributed by atoms with van der Waals surface area (Å²) in [6, 6.07) is 0. The minimum Gasteiger partial charge on any atom is -0.393 e. The molecule has 0 aromatic carbocycles. The second-order valence-electron chi connectivity index (χ2n) is 7.76. The van der Waals surface area contributed by atoms with Crippen molar-refractivity contribution in [2.24, 2.45) is 18.9 Å². The minimum absolute atomic E-state index is 0.109. The van der Waals surface area contributed by atoms with Crippen LogP contribution in [0.25, 0.3) is 0 Å². The average Bonchev–Trinajstić information content (AvgIpc) is 3.24. The van der Waals surface area contributed by atoms with Gasteiger partial charge >= 0.3 is 0 Å². The van der Waals surface area contributed by atoms with Gasteiger partial charge in [0.15, 0.2) is 0 Å². The van der Waals surface area contributed by atoms with Crippen LogP contribution in [0.2, 0.25) is 0 Å². The van der Waals surface area contributed by atoms with Crippen LogP contribution < -0.4 is 0 Å². The highest BCUT2D eigenvalue weighted by Crippen LogP contribution is 2.41. The zero-order valence-corrected chi connectivity index (χ0v) is 14.3. The lowest BCUT2D eigenvalue weighted by Gasteiger charge is -2.34. The summed E-state index contributed by atoms with van der Waals surface area (Å²) in [4.78, 5) is 2.54. The van der Waals surface area contributed by atoms with Crippen molar-refractivity contribution in [1.82, 2.24) is 14.7 Å². The molecule has 4 nitrogen and oxygen atoms in total. The maximum Gasteiger partial charge on any atom is 0.0571 e. The van der Waals surface area contributed by atoms with Gasteiger partial charge < -0.3 is 5.11 Å². The molecule has 1 saturated heterocycles. The molecule has 124 valence electrons. The van der Waals surface area contributed by atoms with Gasteiger partial charge in [-0.2, -0.15) is 5.10 Å². The number of piperidine rings is 1. The summed E-state index contributed by atoms with van der Waals surface area (Å²) in [5, 5.41) is 14.8. The number of hydrogen-bond donors (Lipinski definition) is 1. The standard InChI is InChI=1S/C18H31N3O/c1-13(2)10-17(22)14-6-8-21(9-7-14)12-16-11-19-20(3)18(16)15-4-5-15/h11,13-15,17,22H,4-10,12H2,1-3H3. The van der Waals surface area contributed by atoms with Crippen LogP contribution in [-0.4, -0.2) is 39.0 Å². The Morgan fingerprint density at radius 1 is 1.23 bits per heavy atom. The Morgan fingerprint density at radius 2 is 1.91 bits per heavy atom. The quantitative estimate of drug-likeness (QED) is 0.878. The number of nitrogens with zero attached hydrogens (tertiary/aromatic N) is 3. The van der Waals surface area contributed by atoms with Crippen LogP contribution in [0.4, 0.5) is 0 Å². The molecular formula is C18H31N3O. The molecule has 1 aliphatic heterocycles. The normalized spacial score (nSPS) is 22.4. The lowest BCUT2D eigenvalue weighted by Crippen LogP contribution is -2.37. The smallest absolute Gasteiger partial charge is 0.0571 e. The molecule has 0 bridgehead atoms. The SMILES string of the molecule is CC(C)CC(O)C1CCN(Cc2cnn(C)c2C2CC2)CC1. The fraction of sp³-hybridized carbons (Fsp3) is 0.833. The van der Waals surface area contributed by atoms with Gasteiger partial charge in [-0.15, -0.1) is 0 Å². The highest BCUT2D eigenvalue weighted by molar-refractivity contribution is 5.25. The Bertz CT molecular complexity index is 485. The van der Waals surface area contributed by atoms with E-state index in [4.69, 9.17) is 0 Å². The summed E-state index contributed by atoms with van der Waals surface area (Å²) in [5.74, 6) is 1.84. The Labute approximate surface area is 134 Å². The minimum atomic E-state index is -0.109. The summed E-state index contributed by atoms with van der Waals surface area (Å²) >= 11 is 0. The number of aliphatic hydroxyl groups excluding tert-OH is 1. The molecule has 1 atom stereocenters. The zero-order valence-electron chi connectivity index (χ0n) is 14.3. The molecule has 0 amide bonds. The lowest BCUT2D eigenvalue weighted by atomic mass is 9.87. The van der Waals surface area contributed by atoms with Gasteiger partial charge in [-0.3, -0.25) is 9.58 Å². The third kappa shape index (κ3) is 3.72. The summed E-state index contributed by atoms with van der Waals surface area (Å²) in [6.07, 6.45) is 7.82. The first-order valence-electron chi connectivity index (χ1n) is 8.95. The molecule has 0 spiro atoms. The van der Waals surface area contributed by atoms with E-state index in [-0.39, 0.29) is 6.10 Å². The number of aromatic nitrogens is 2. The van der Waals surface area contributed by atoms with Crippen molar-refractivity contribution in [1.29, 1.82) is 0 Å². The monoisotopic (exact) mass is 305 g/mol. The van der Waals surface area contributed by atoms with E-state index < -0.39 is 0 Å². The molecule has 1 aromatic rings. The molecule has 2 fully saturated rings. The topological polar surface area (TPSA) is 41.3 Å². The molecule has 1 aromatic heterocycles. The van der Waals surface area contributed by atoms with Crippen LogP contribution in [-0.2, 0) is 13.6 Å². The highest BCUT2D eigenvalue weighted by atomic mass is 16.3. The first-order chi connectivity index (χ1) is 10.5. The molecule has 1 unspecified atom stereocenters. The first kappa shape index (κ1) is 16.0. The van der Waals surface area contributed by atoms with Gasteiger partial charge in [-0.1, -0.05) is 13.8 Å². The number of rotatable bonds is 6. The third-order valence-corrected chi connectivity index (χ3v) is 5.31. The third-order valence-electron chi connectivity index (χ3n) is 5.31. The fourth-order valence-corrected chi connectivity index (χ4v) is 3.91.